The SMILES string of the molecule is CCOC(=O)c1c(C)c(N=Nc2ccc(Cl)cc2)c(C)n(-c2ccc(-n3c(C)c(N=Nc4ccc(Cl)cc4)c(C)c(C(=O)OCC)c3=N)cc2)c1=N. The van der Waals surface area contributed by atoms with Gasteiger partial charge in [0.1, 0.15) is 33.5 Å². The molecule has 0 aliphatic heterocycles. The van der Waals surface area contributed by atoms with Crippen LogP contribution < -0.4 is 11.0 Å². The Morgan fingerprint density at radius 1 is 0.577 bits per heavy atom. The molecule has 0 spiro atoms. The van der Waals surface area contributed by atoms with Crippen molar-refractivity contribution in [2.75, 3.05) is 13.2 Å². The van der Waals surface area contributed by atoms with Crippen LogP contribution in [0.1, 0.15) is 57.1 Å². The highest BCUT2D eigenvalue weighted by molar-refractivity contribution is 6.30. The fourth-order valence-electron chi connectivity index (χ4n) is 5.73. The first-order chi connectivity index (χ1) is 24.9. The number of ether oxygens (including phenoxy) is 2. The van der Waals surface area contributed by atoms with Gasteiger partial charge in [-0.2, -0.15) is 10.2 Å². The molecule has 0 radical (unpaired) electrons. The standard InChI is InChI=1S/C38H36Cl2N8O4/c1-7-51-37(49)31-21(3)33(45-43-27-13-9-25(39)10-14-27)23(5)47(35(31)41)29-17-19-30(20-18-29)48-24(6)34(46-44-28-15-11-26(40)12-16-28)22(4)32(36(48)42)38(50)52-8-2/h9-20,41-42H,7-8H2,1-6H3. The summed E-state index contributed by atoms with van der Waals surface area (Å²) in [4.78, 5) is 26.4. The molecule has 5 rings (SSSR count). The number of carbonyl (C=O) groups excluding carboxylic acids is 2. The monoisotopic (exact) mass is 738 g/mol. The summed E-state index contributed by atoms with van der Waals surface area (Å²) in [6.45, 7) is 10.6. The first-order valence-electron chi connectivity index (χ1n) is 16.3. The number of carbonyl (C=O) groups is 2. The summed E-state index contributed by atoms with van der Waals surface area (Å²) in [5, 5.41) is 37.1. The Bertz CT molecular complexity index is 2180. The molecule has 12 nitrogen and oxygen atoms in total. The molecule has 0 fully saturated rings. The van der Waals surface area contributed by atoms with Crippen molar-refractivity contribution in [1.29, 1.82) is 10.8 Å². The van der Waals surface area contributed by atoms with Crippen LogP contribution in [0.25, 0.3) is 11.4 Å². The molecule has 0 saturated heterocycles. The first kappa shape index (κ1) is 37.5. The van der Waals surface area contributed by atoms with Crippen LogP contribution in [0.5, 0.6) is 0 Å². The van der Waals surface area contributed by atoms with E-state index < -0.39 is 11.9 Å². The lowest BCUT2D eigenvalue weighted by Crippen LogP contribution is -2.30. The number of aromatic nitrogens is 2. The van der Waals surface area contributed by atoms with Gasteiger partial charge in [-0.1, -0.05) is 23.2 Å². The normalized spacial score (nSPS) is 11.4. The van der Waals surface area contributed by atoms with Crippen molar-refractivity contribution in [2.24, 2.45) is 20.5 Å². The average molecular weight is 740 g/mol. The maximum atomic E-state index is 13.2. The van der Waals surface area contributed by atoms with Crippen LogP contribution in [0.15, 0.2) is 93.3 Å². The van der Waals surface area contributed by atoms with E-state index >= 15 is 0 Å². The summed E-state index contributed by atoms with van der Waals surface area (Å²) < 4.78 is 13.8. The minimum Gasteiger partial charge on any atom is -0.462 e. The van der Waals surface area contributed by atoms with Gasteiger partial charge in [0.2, 0.25) is 0 Å². The molecule has 52 heavy (non-hydrogen) atoms. The Balaban J connectivity index is 1.67. The second-order valence-corrected chi connectivity index (χ2v) is 12.4. The van der Waals surface area contributed by atoms with Crippen molar-refractivity contribution in [3.05, 3.63) is 127 Å². The van der Waals surface area contributed by atoms with E-state index in [0.29, 0.717) is 66.7 Å². The average Bonchev–Trinajstić information content (AvgIpc) is 3.10. The third kappa shape index (κ3) is 7.63. The van der Waals surface area contributed by atoms with E-state index in [4.69, 9.17) is 43.5 Å². The van der Waals surface area contributed by atoms with Gasteiger partial charge in [0.05, 0.1) is 24.6 Å². The minimum absolute atomic E-state index is 0.0496. The van der Waals surface area contributed by atoms with Crippen molar-refractivity contribution in [3.63, 3.8) is 0 Å². The highest BCUT2D eigenvalue weighted by atomic mass is 35.5. The molecule has 0 atom stereocenters. The highest BCUT2D eigenvalue weighted by Gasteiger charge is 2.24. The maximum absolute atomic E-state index is 13.2. The first-order valence-corrected chi connectivity index (χ1v) is 17.0. The quantitative estimate of drug-likeness (QED) is 0.108. The molecule has 0 aliphatic rings. The van der Waals surface area contributed by atoms with Gasteiger partial charge in [-0.3, -0.25) is 20.0 Å². The van der Waals surface area contributed by atoms with Gasteiger partial charge in [-0.15, -0.1) is 10.2 Å². The van der Waals surface area contributed by atoms with Crippen LogP contribution in [0.2, 0.25) is 10.0 Å². The molecule has 2 N–H and O–H groups in total. The second-order valence-electron chi connectivity index (χ2n) is 11.5. The molecular formula is C38H36Cl2N8O4. The summed E-state index contributed by atoms with van der Waals surface area (Å²) >= 11 is 12.1. The smallest absolute Gasteiger partial charge is 0.342 e. The Kier molecular flexibility index (Phi) is 11.6. The molecule has 0 bridgehead atoms. The molecule has 0 unspecified atom stereocenters. The van der Waals surface area contributed by atoms with Crippen LogP contribution in [-0.4, -0.2) is 34.3 Å². The summed E-state index contributed by atoms with van der Waals surface area (Å²) in [5.74, 6) is -1.32. The van der Waals surface area contributed by atoms with Crippen molar-refractivity contribution in [3.8, 4) is 11.4 Å². The van der Waals surface area contributed by atoms with Gasteiger partial charge in [-0.05, 0) is 125 Å². The van der Waals surface area contributed by atoms with Crippen molar-refractivity contribution < 1.29 is 19.1 Å². The van der Waals surface area contributed by atoms with Crippen LogP contribution in [0.4, 0.5) is 22.7 Å². The molecular weight excluding hydrogens is 703 g/mol. The van der Waals surface area contributed by atoms with E-state index in [1.54, 1.807) is 123 Å². The van der Waals surface area contributed by atoms with Gasteiger partial charge in [-0.25, -0.2) is 9.59 Å². The van der Waals surface area contributed by atoms with Gasteiger partial charge < -0.3 is 9.47 Å². The van der Waals surface area contributed by atoms with E-state index in [-0.39, 0.29) is 35.3 Å². The summed E-state index contributed by atoms with van der Waals surface area (Å²) in [7, 11) is 0. The maximum Gasteiger partial charge on any atom is 0.342 e. The number of rotatable bonds is 10. The lowest BCUT2D eigenvalue weighted by Gasteiger charge is -2.20. The van der Waals surface area contributed by atoms with E-state index in [1.165, 1.54) is 0 Å². The van der Waals surface area contributed by atoms with Gasteiger partial charge in [0.25, 0.3) is 0 Å². The molecule has 0 aliphatic carbocycles. The number of azo groups is 2. The lowest BCUT2D eigenvalue weighted by molar-refractivity contribution is 0.0512. The Morgan fingerprint density at radius 3 is 1.21 bits per heavy atom. The number of hydrogen-bond acceptors (Lipinski definition) is 10. The van der Waals surface area contributed by atoms with Crippen LogP contribution in [0.3, 0.4) is 0 Å². The minimum atomic E-state index is -0.658. The molecule has 266 valence electrons. The fraction of sp³-hybridized carbons (Fsp3) is 0.211. The third-order valence-electron chi connectivity index (χ3n) is 8.25. The Hall–Kier alpha value is -5.72. The molecule has 2 heterocycles. The molecule has 3 aromatic carbocycles. The van der Waals surface area contributed by atoms with Crippen LogP contribution in [-0.2, 0) is 9.47 Å². The molecule has 2 aromatic heterocycles. The molecule has 0 amide bonds. The van der Waals surface area contributed by atoms with Crippen molar-refractivity contribution in [1.82, 2.24) is 9.13 Å². The highest BCUT2D eigenvalue weighted by Crippen LogP contribution is 2.32. The van der Waals surface area contributed by atoms with Gasteiger partial charge in [0.15, 0.2) is 0 Å². The summed E-state index contributed by atoms with van der Waals surface area (Å²) in [6, 6.07) is 20.7. The van der Waals surface area contributed by atoms with E-state index in [2.05, 4.69) is 20.5 Å². The predicted octanol–water partition coefficient (Wildman–Crippen LogP) is 9.95. The van der Waals surface area contributed by atoms with E-state index in [0.717, 1.165) is 0 Å². The number of halogens is 2. The van der Waals surface area contributed by atoms with Gasteiger partial charge in [0, 0.05) is 32.8 Å². The Labute approximate surface area is 310 Å². The second kappa shape index (κ2) is 16.1. The number of hydrogen-bond donors (Lipinski definition) is 2. The zero-order chi connectivity index (χ0) is 37.7. The summed E-state index contributed by atoms with van der Waals surface area (Å²) in [5.41, 5.74) is 4.86. The topological polar surface area (TPSA) is 160 Å². The van der Waals surface area contributed by atoms with Crippen LogP contribution >= 0.6 is 23.2 Å². The number of nitrogens with one attached hydrogen (secondary N) is 2. The number of nitrogens with zero attached hydrogens (tertiary/aromatic N) is 6. The zero-order valence-electron chi connectivity index (χ0n) is 29.4. The van der Waals surface area contributed by atoms with Crippen LogP contribution in [0, 0.1) is 38.5 Å². The van der Waals surface area contributed by atoms with Gasteiger partial charge >= 0.3 is 11.9 Å². The molecule has 14 heteroatoms. The summed E-state index contributed by atoms with van der Waals surface area (Å²) in [6.07, 6.45) is 0. The van der Waals surface area contributed by atoms with E-state index in [1.807, 2.05) is 0 Å². The number of benzene rings is 3. The number of pyridine rings is 2. The van der Waals surface area contributed by atoms with E-state index in [9.17, 15) is 9.59 Å². The zero-order valence-corrected chi connectivity index (χ0v) is 30.9. The molecule has 0 saturated carbocycles. The predicted molar refractivity (Wildman–Crippen MR) is 199 cm³/mol. The lowest BCUT2D eigenvalue weighted by atomic mass is 10.1. The third-order valence-corrected chi connectivity index (χ3v) is 8.75. The van der Waals surface area contributed by atoms with Crippen molar-refractivity contribution in [2.45, 2.75) is 41.5 Å². The van der Waals surface area contributed by atoms with Crippen molar-refractivity contribution >= 4 is 57.9 Å². The number of esters is 2. The Morgan fingerprint density at radius 2 is 0.904 bits per heavy atom. The fourth-order valence-corrected chi connectivity index (χ4v) is 5.99. The molecule has 5 aromatic rings. The largest absolute Gasteiger partial charge is 0.462 e.